The fraction of sp³-hybridized carbons (Fsp3) is 0.348. The van der Waals surface area contributed by atoms with Gasteiger partial charge in [0, 0.05) is 6.54 Å². The number of methoxy groups -OCH3 is 2. The molecular formula is C23H26N2O7. The molecule has 3 rings (SSSR count). The van der Waals surface area contributed by atoms with Crippen LogP contribution in [0.4, 0.5) is 10.5 Å². The van der Waals surface area contributed by atoms with E-state index < -0.39 is 24.0 Å². The Hall–Kier alpha value is -3.75. The summed E-state index contributed by atoms with van der Waals surface area (Å²) in [5.41, 5.74) is 2.10. The number of rotatable bonds is 7. The third-order valence-electron chi connectivity index (χ3n) is 5.30. The molecule has 1 aliphatic heterocycles. The summed E-state index contributed by atoms with van der Waals surface area (Å²) in [7, 11) is 3.03. The van der Waals surface area contributed by atoms with Crippen LogP contribution in [0.15, 0.2) is 36.4 Å². The number of esters is 1. The summed E-state index contributed by atoms with van der Waals surface area (Å²) in [5, 5.41) is 12.3. The van der Waals surface area contributed by atoms with Crippen LogP contribution in [0, 0.1) is 0 Å². The Bertz CT molecular complexity index is 1020. The van der Waals surface area contributed by atoms with E-state index in [1.807, 2.05) is 6.07 Å². The second-order valence-corrected chi connectivity index (χ2v) is 7.16. The maximum atomic E-state index is 13.2. The van der Waals surface area contributed by atoms with Gasteiger partial charge in [-0.2, -0.15) is 0 Å². The van der Waals surface area contributed by atoms with Gasteiger partial charge < -0.3 is 29.5 Å². The third kappa shape index (κ3) is 4.77. The van der Waals surface area contributed by atoms with Crippen LogP contribution in [0.2, 0.25) is 0 Å². The molecule has 2 aromatic rings. The van der Waals surface area contributed by atoms with E-state index in [-0.39, 0.29) is 18.6 Å². The molecule has 1 atom stereocenters. The SMILES string of the molecule is CCOC(=O)c1ccccc1NC(=O)N1CCc2cc(OC)c(OC)cc2C1CC(=O)O. The first-order valence-corrected chi connectivity index (χ1v) is 10.2. The number of fused-ring (bicyclic) bond motifs is 1. The van der Waals surface area contributed by atoms with Crippen LogP contribution >= 0.6 is 0 Å². The zero-order chi connectivity index (χ0) is 23.3. The molecule has 0 saturated carbocycles. The van der Waals surface area contributed by atoms with E-state index in [4.69, 9.17) is 14.2 Å². The van der Waals surface area contributed by atoms with E-state index in [0.29, 0.717) is 35.7 Å². The van der Waals surface area contributed by atoms with Gasteiger partial charge in [-0.05, 0) is 48.7 Å². The molecule has 0 bridgehead atoms. The third-order valence-corrected chi connectivity index (χ3v) is 5.30. The van der Waals surface area contributed by atoms with E-state index in [1.54, 1.807) is 37.3 Å². The molecule has 0 fully saturated rings. The number of benzene rings is 2. The molecule has 0 radical (unpaired) electrons. The minimum Gasteiger partial charge on any atom is -0.493 e. The number of carbonyl (C=O) groups excluding carboxylic acids is 2. The van der Waals surface area contributed by atoms with Gasteiger partial charge >= 0.3 is 18.0 Å². The Morgan fingerprint density at radius 3 is 2.47 bits per heavy atom. The van der Waals surface area contributed by atoms with Gasteiger partial charge in [-0.1, -0.05) is 12.1 Å². The van der Waals surface area contributed by atoms with Crippen molar-refractivity contribution >= 4 is 23.7 Å². The number of ether oxygens (including phenoxy) is 3. The lowest BCUT2D eigenvalue weighted by molar-refractivity contribution is -0.138. The van der Waals surface area contributed by atoms with E-state index in [9.17, 15) is 19.5 Å². The van der Waals surface area contributed by atoms with Crippen molar-refractivity contribution in [1.29, 1.82) is 0 Å². The normalized spacial score (nSPS) is 14.8. The molecule has 2 amide bonds. The molecule has 1 heterocycles. The highest BCUT2D eigenvalue weighted by molar-refractivity contribution is 6.01. The fourth-order valence-corrected chi connectivity index (χ4v) is 3.82. The Balaban J connectivity index is 1.93. The summed E-state index contributed by atoms with van der Waals surface area (Å²) in [5.74, 6) is -0.591. The maximum Gasteiger partial charge on any atom is 0.340 e. The number of aliphatic carboxylic acids is 1. The smallest absolute Gasteiger partial charge is 0.340 e. The number of hydrogen-bond donors (Lipinski definition) is 2. The van der Waals surface area contributed by atoms with E-state index in [2.05, 4.69) is 5.32 Å². The van der Waals surface area contributed by atoms with Gasteiger partial charge in [0.15, 0.2) is 11.5 Å². The lowest BCUT2D eigenvalue weighted by atomic mass is 9.90. The number of urea groups is 1. The Morgan fingerprint density at radius 2 is 1.81 bits per heavy atom. The first-order valence-electron chi connectivity index (χ1n) is 10.2. The highest BCUT2D eigenvalue weighted by Crippen LogP contribution is 2.39. The van der Waals surface area contributed by atoms with Crippen molar-refractivity contribution in [2.24, 2.45) is 0 Å². The molecule has 170 valence electrons. The van der Waals surface area contributed by atoms with Crippen molar-refractivity contribution < 1.29 is 33.7 Å². The quantitative estimate of drug-likeness (QED) is 0.631. The van der Waals surface area contributed by atoms with Crippen molar-refractivity contribution in [1.82, 2.24) is 4.90 Å². The van der Waals surface area contributed by atoms with Crippen LogP contribution in [0.1, 0.15) is 40.9 Å². The van der Waals surface area contributed by atoms with Crippen LogP contribution in [0.5, 0.6) is 11.5 Å². The summed E-state index contributed by atoms with van der Waals surface area (Å²) in [6.07, 6.45) is 0.230. The molecule has 0 aromatic heterocycles. The number of nitrogens with zero attached hydrogens (tertiary/aromatic N) is 1. The van der Waals surface area contributed by atoms with Gasteiger partial charge in [0.1, 0.15) is 0 Å². The number of anilines is 1. The monoisotopic (exact) mass is 442 g/mol. The molecular weight excluding hydrogens is 416 g/mol. The standard InChI is InChI=1S/C23H26N2O7/c1-4-32-22(28)15-7-5-6-8-17(15)24-23(29)25-10-9-14-11-19(30-2)20(31-3)12-16(14)18(25)13-21(26)27/h5-8,11-12,18H,4,9-10,13H2,1-3H3,(H,24,29)(H,26,27). The molecule has 0 spiro atoms. The molecule has 0 saturated heterocycles. The molecule has 9 heteroatoms. The molecule has 1 unspecified atom stereocenters. The summed E-state index contributed by atoms with van der Waals surface area (Å²) in [6.45, 7) is 2.20. The van der Waals surface area contributed by atoms with Crippen molar-refractivity contribution in [2.45, 2.75) is 25.8 Å². The van der Waals surface area contributed by atoms with Gasteiger partial charge in [0.05, 0.1) is 44.5 Å². The molecule has 9 nitrogen and oxygen atoms in total. The van der Waals surface area contributed by atoms with Crippen molar-refractivity contribution in [3.8, 4) is 11.5 Å². The molecule has 2 N–H and O–H groups in total. The predicted molar refractivity (Wildman–Crippen MR) is 116 cm³/mol. The fourth-order valence-electron chi connectivity index (χ4n) is 3.82. The Labute approximate surface area is 185 Å². The minimum atomic E-state index is -1.04. The van der Waals surface area contributed by atoms with Crippen LogP contribution in [-0.4, -0.2) is 55.3 Å². The van der Waals surface area contributed by atoms with E-state index in [1.165, 1.54) is 19.1 Å². The van der Waals surface area contributed by atoms with Crippen molar-refractivity contribution in [2.75, 3.05) is 32.7 Å². The maximum absolute atomic E-state index is 13.2. The number of nitrogens with one attached hydrogen (secondary N) is 1. The average molecular weight is 442 g/mol. The molecule has 2 aromatic carbocycles. The van der Waals surface area contributed by atoms with Crippen LogP contribution in [-0.2, 0) is 16.0 Å². The Kier molecular flexibility index (Phi) is 7.19. The minimum absolute atomic E-state index is 0.204. The lowest BCUT2D eigenvalue weighted by Crippen LogP contribution is -2.43. The van der Waals surface area contributed by atoms with Gasteiger partial charge in [-0.25, -0.2) is 9.59 Å². The van der Waals surface area contributed by atoms with Gasteiger partial charge in [-0.15, -0.1) is 0 Å². The van der Waals surface area contributed by atoms with E-state index >= 15 is 0 Å². The predicted octanol–water partition coefficient (Wildman–Crippen LogP) is 3.49. The summed E-state index contributed by atoms with van der Waals surface area (Å²) in [4.78, 5) is 38.5. The molecule has 0 aliphatic carbocycles. The zero-order valence-corrected chi connectivity index (χ0v) is 18.2. The molecule has 1 aliphatic rings. The summed E-state index contributed by atoms with van der Waals surface area (Å²) in [6, 6.07) is 8.83. The highest BCUT2D eigenvalue weighted by Gasteiger charge is 2.34. The number of carboxylic acids is 1. The van der Waals surface area contributed by atoms with Crippen LogP contribution in [0.3, 0.4) is 0 Å². The first-order chi connectivity index (χ1) is 15.4. The van der Waals surface area contributed by atoms with Crippen molar-refractivity contribution in [3.05, 3.63) is 53.1 Å². The number of para-hydroxylation sites is 1. The topological polar surface area (TPSA) is 114 Å². The number of hydrogen-bond acceptors (Lipinski definition) is 6. The number of carbonyl (C=O) groups is 3. The van der Waals surface area contributed by atoms with Crippen LogP contribution < -0.4 is 14.8 Å². The Morgan fingerprint density at radius 1 is 1.12 bits per heavy atom. The van der Waals surface area contributed by atoms with Crippen LogP contribution in [0.25, 0.3) is 0 Å². The number of amides is 2. The summed E-state index contributed by atoms with van der Waals surface area (Å²) >= 11 is 0. The van der Waals surface area contributed by atoms with Gasteiger partial charge in [0.2, 0.25) is 0 Å². The van der Waals surface area contributed by atoms with Gasteiger partial charge in [0.25, 0.3) is 0 Å². The zero-order valence-electron chi connectivity index (χ0n) is 18.2. The second kappa shape index (κ2) is 10.0. The lowest BCUT2D eigenvalue weighted by Gasteiger charge is -2.37. The molecule has 32 heavy (non-hydrogen) atoms. The largest absolute Gasteiger partial charge is 0.493 e. The summed E-state index contributed by atoms with van der Waals surface area (Å²) < 4.78 is 15.8. The highest BCUT2D eigenvalue weighted by atomic mass is 16.5. The second-order valence-electron chi connectivity index (χ2n) is 7.16. The van der Waals surface area contributed by atoms with Gasteiger partial charge in [-0.3, -0.25) is 4.79 Å². The van der Waals surface area contributed by atoms with E-state index in [0.717, 1.165) is 5.56 Å². The first kappa shape index (κ1) is 22.9. The average Bonchev–Trinajstić information content (AvgIpc) is 2.78. The number of carboxylic acid groups (broad SMARTS) is 1. The van der Waals surface area contributed by atoms with Crippen molar-refractivity contribution in [3.63, 3.8) is 0 Å².